The number of aliphatic hydroxyl groups is 1. The number of rotatable bonds is 2. The van der Waals surface area contributed by atoms with Crippen molar-refractivity contribution in [3.8, 4) is 0 Å². The highest BCUT2D eigenvalue weighted by molar-refractivity contribution is 5.69. The summed E-state index contributed by atoms with van der Waals surface area (Å²) in [6.45, 7) is 1.82. The van der Waals surface area contributed by atoms with E-state index in [1.165, 1.54) is 0 Å². The van der Waals surface area contributed by atoms with E-state index >= 15 is 0 Å². The molecule has 1 unspecified atom stereocenters. The Bertz CT molecular complexity index is 291. The molecule has 2 aliphatic rings. The zero-order valence-electron chi connectivity index (χ0n) is 7.60. The lowest BCUT2D eigenvalue weighted by Crippen LogP contribution is -2.45. The van der Waals surface area contributed by atoms with E-state index in [0.717, 1.165) is 19.1 Å². The lowest BCUT2D eigenvalue weighted by Gasteiger charge is -2.36. The SMILES string of the molecule is CC1(C=O)C=C(O)C=CN1C1CC1. The Morgan fingerprint density at radius 1 is 1.69 bits per heavy atom. The molecule has 0 spiro atoms. The molecule has 3 heteroatoms. The molecule has 0 aromatic carbocycles. The summed E-state index contributed by atoms with van der Waals surface area (Å²) in [6, 6.07) is 0.482. The van der Waals surface area contributed by atoms with E-state index in [1.54, 1.807) is 18.4 Å². The summed E-state index contributed by atoms with van der Waals surface area (Å²) in [5.74, 6) is 0.173. The van der Waals surface area contributed by atoms with Crippen LogP contribution in [0.5, 0.6) is 0 Å². The van der Waals surface area contributed by atoms with Gasteiger partial charge in [0.25, 0.3) is 0 Å². The lowest BCUT2D eigenvalue weighted by molar-refractivity contribution is -0.114. The monoisotopic (exact) mass is 179 g/mol. The Morgan fingerprint density at radius 2 is 2.38 bits per heavy atom. The largest absolute Gasteiger partial charge is 0.508 e. The second-order valence-corrected chi connectivity index (χ2v) is 3.87. The first-order valence-electron chi connectivity index (χ1n) is 4.50. The lowest BCUT2D eigenvalue weighted by atomic mass is 9.98. The van der Waals surface area contributed by atoms with Crippen molar-refractivity contribution in [1.29, 1.82) is 0 Å². The van der Waals surface area contributed by atoms with E-state index in [0.29, 0.717) is 6.04 Å². The van der Waals surface area contributed by atoms with Crippen LogP contribution in [-0.4, -0.2) is 27.9 Å². The predicted octanol–water partition coefficient (Wildman–Crippen LogP) is 1.38. The Balaban J connectivity index is 2.28. The Labute approximate surface area is 77.3 Å². The number of aliphatic hydroxyl groups excluding tert-OH is 1. The third-order valence-electron chi connectivity index (χ3n) is 2.58. The average Bonchev–Trinajstić information content (AvgIpc) is 2.88. The Morgan fingerprint density at radius 3 is 2.92 bits per heavy atom. The summed E-state index contributed by atoms with van der Waals surface area (Å²) in [5.41, 5.74) is -0.653. The van der Waals surface area contributed by atoms with E-state index < -0.39 is 5.54 Å². The van der Waals surface area contributed by atoms with E-state index in [4.69, 9.17) is 0 Å². The molecule has 1 atom stereocenters. The molecule has 1 aliphatic carbocycles. The predicted molar refractivity (Wildman–Crippen MR) is 49.2 cm³/mol. The molecule has 0 saturated heterocycles. The van der Waals surface area contributed by atoms with Crippen LogP contribution < -0.4 is 0 Å². The number of hydrogen-bond donors (Lipinski definition) is 1. The second kappa shape index (κ2) is 2.62. The first kappa shape index (κ1) is 8.35. The fourth-order valence-electron chi connectivity index (χ4n) is 1.70. The summed E-state index contributed by atoms with van der Waals surface area (Å²) < 4.78 is 0. The quantitative estimate of drug-likeness (QED) is 0.651. The van der Waals surface area contributed by atoms with Crippen molar-refractivity contribution in [3.63, 3.8) is 0 Å². The Kier molecular flexibility index (Phi) is 1.68. The smallest absolute Gasteiger partial charge is 0.149 e. The molecule has 70 valence electrons. The molecule has 0 bridgehead atoms. The highest BCUT2D eigenvalue weighted by atomic mass is 16.3. The van der Waals surface area contributed by atoms with Crippen LogP contribution in [0.1, 0.15) is 19.8 Å². The van der Waals surface area contributed by atoms with E-state index in [2.05, 4.69) is 0 Å². The van der Waals surface area contributed by atoms with Gasteiger partial charge >= 0.3 is 0 Å². The minimum absolute atomic E-state index is 0.173. The van der Waals surface area contributed by atoms with Gasteiger partial charge in [-0.1, -0.05) is 0 Å². The van der Waals surface area contributed by atoms with Crippen molar-refractivity contribution >= 4 is 6.29 Å². The van der Waals surface area contributed by atoms with Gasteiger partial charge in [0.15, 0.2) is 0 Å². The average molecular weight is 179 g/mol. The molecular weight excluding hydrogens is 166 g/mol. The van der Waals surface area contributed by atoms with Crippen molar-refractivity contribution < 1.29 is 9.90 Å². The van der Waals surface area contributed by atoms with Crippen LogP contribution in [0.2, 0.25) is 0 Å². The van der Waals surface area contributed by atoms with Gasteiger partial charge < -0.3 is 14.8 Å². The van der Waals surface area contributed by atoms with Crippen molar-refractivity contribution in [1.82, 2.24) is 4.90 Å². The van der Waals surface area contributed by atoms with Gasteiger partial charge in [-0.05, 0) is 31.9 Å². The van der Waals surface area contributed by atoms with Crippen molar-refractivity contribution in [2.45, 2.75) is 31.3 Å². The molecule has 1 aliphatic heterocycles. The maximum atomic E-state index is 10.9. The van der Waals surface area contributed by atoms with Gasteiger partial charge in [0.05, 0.1) is 0 Å². The zero-order valence-corrected chi connectivity index (χ0v) is 7.60. The molecular formula is C10H13NO2. The van der Waals surface area contributed by atoms with Crippen molar-refractivity contribution in [3.05, 3.63) is 24.1 Å². The minimum atomic E-state index is -0.653. The van der Waals surface area contributed by atoms with Crippen LogP contribution >= 0.6 is 0 Å². The normalized spacial score (nSPS) is 33.0. The minimum Gasteiger partial charge on any atom is -0.508 e. The van der Waals surface area contributed by atoms with Gasteiger partial charge in [0, 0.05) is 12.2 Å². The third-order valence-corrected chi connectivity index (χ3v) is 2.58. The van der Waals surface area contributed by atoms with Gasteiger partial charge in [-0.3, -0.25) is 0 Å². The molecule has 1 N–H and O–H groups in total. The summed E-state index contributed by atoms with van der Waals surface area (Å²) in [7, 11) is 0. The maximum absolute atomic E-state index is 10.9. The number of carbonyl (C=O) groups is 1. The van der Waals surface area contributed by atoms with Crippen LogP contribution in [0.3, 0.4) is 0 Å². The van der Waals surface area contributed by atoms with Crippen molar-refractivity contribution in [2.75, 3.05) is 0 Å². The first-order valence-corrected chi connectivity index (χ1v) is 4.50. The highest BCUT2D eigenvalue weighted by Gasteiger charge is 2.39. The number of nitrogens with zero attached hydrogens (tertiary/aromatic N) is 1. The molecule has 13 heavy (non-hydrogen) atoms. The standard InChI is InChI=1S/C10H13NO2/c1-10(7-12)6-9(13)4-5-11(10)8-2-3-8/h4-8,13H,2-3H2,1H3. The summed E-state index contributed by atoms with van der Waals surface area (Å²) >= 11 is 0. The topological polar surface area (TPSA) is 40.5 Å². The molecule has 0 amide bonds. The van der Waals surface area contributed by atoms with Gasteiger partial charge in [0.2, 0.25) is 0 Å². The molecule has 0 aromatic heterocycles. The molecule has 0 radical (unpaired) electrons. The molecule has 1 fully saturated rings. The first-order chi connectivity index (χ1) is 6.15. The molecule has 1 saturated carbocycles. The van der Waals surface area contributed by atoms with E-state index in [9.17, 15) is 9.90 Å². The second-order valence-electron chi connectivity index (χ2n) is 3.87. The molecule has 0 aromatic rings. The number of allylic oxidation sites excluding steroid dienone is 1. The molecule has 3 nitrogen and oxygen atoms in total. The van der Waals surface area contributed by atoms with Crippen LogP contribution in [0.25, 0.3) is 0 Å². The molecule has 1 heterocycles. The number of carbonyl (C=O) groups excluding carboxylic acids is 1. The highest BCUT2D eigenvalue weighted by Crippen LogP contribution is 2.35. The maximum Gasteiger partial charge on any atom is 0.149 e. The summed E-state index contributed by atoms with van der Waals surface area (Å²) in [6.07, 6.45) is 8.19. The van der Waals surface area contributed by atoms with Gasteiger partial charge in [-0.2, -0.15) is 0 Å². The fourth-order valence-corrected chi connectivity index (χ4v) is 1.70. The molecule has 2 rings (SSSR count). The van der Waals surface area contributed by atoms with Crippen molar-refractivity contribution in [2.24, 2.45) is 0 Å². The van der Waals surface area contributed by atoms with Crippen LogP contribution in [0, 0.1) is 0 Å². The van der Waals surface area contributed by atoms with E-state index in [-0.39, 0.29) is 5.76 Å². The van der Waals surface area contributed by atoms with Gasteiger partial charge in [-0.25, -0.2) is 0 Å². The van der Waals surface area contributed by atoms with E-state index in [1.807, 2.05) is 11.8 Å². The van der Waals surface area contributed by atoms with Crippen LogP contribution in [0.4, 0.5) is 0 Å². The van der Waals surface area contributed by atoms with Crippen LogP contribution in [-0.2, 0) is 4.79 Å². The van der Waals surface area contributed by atoms with Crippen LogP contribution in [0.15, 0.2) is 24.1 Å². The number of aldehydes is 1. The number of hydrogen-bond acceptors (Lipinski definition) is 3. The summed E-state index contributed by atoms with van der Waals surface area (Å²) in [4.78, 5) is 13.0. The third kappa shape index (κ3) is 1.34. The fraction of sp³-hybridized carbons (Fsp3) is 0.500. The van der Waals surface area contributed by atoms with Gasteiger partial charge in [-0.15, -0.1) is 0 Å². The zero-order chi connectivity index (χ0) is 9.47. The Hall–Kier alpha value is -1.25. The van der Waals surface area contributed by atoms with Gasteiger partial charge in [0.1, 0.15) is 17.6 Å². The summed E-state index contributed by atoms with van der Waals surface area (Å²) in [5, 5.41) is 9.28.